The Labute approximate surface area is 676 Å². The molecule has 7 aliphatic rings. The number of nitrogens with zero attached hydrogens (tertiary/aromatic N) is 6. The molecule has 0 amide bonds. The third-order valence-corrected chi connectivity index (χ3v) is 27.2. The molecule has 115 heavy (non-hydrogen) atoms. The smallest absolute Gasteiger partial charge is 0.297 e. The Bertz CT molecular complexity index is 6480. The molecule has 22 rings (SSSR count). The van der Waals surface area contributed by atoms with Crippen molar-refractivity contribution in [3.8, 4) is 0 Å². The highest BCUT2D eigenvalue weighted by molar-refractivity contribution is 7.00. The number of allylic oxidation sites excluding steroid dienone is 1. The minimum Gasteiger partial charge on any atom is -0.468 e. The molecule has 6 aliphatic heterocycles. The highest BCUT2D eigenvalue weighted by Gasteiger charge is 2.57. The molecule has 1 aliphatic carbocycles. The summed E-state index contributed by atoms with van der Waals surface area (Å²) in [6, 6.07) is 122. The van der Waals surface area contributed by atoms with Gasteiger partial charge in [-0.3, -0.25) is 0 Å². The van der Waals surface area contributed by atoms with Crippen molar-refractivity contribution in [3.63, 3.8) is 0 Å². The molecule has 556 valence electrons. The van der Waals surface area contributed by atoms with E-state index >= 15 is 0 Å². The predicted molar refractivity (Wildman–Crippen MR) is 485 cm³/mol. The number of rotatable bonds is 12. The van der Waals surface area contributed by atoms with Gasteiger partial charge in [0.25, 0.3) is 6.71 Å². The van der Waals surface area contributed by atoms with Crippen LogP contribution in [0.15, 0.2) is 331 Å². The maximum Gasteiger partial charge on any atom is 0.297 e. The Kier molecular flexibility index (Phi) is 14.9. The zero-order chi connectivity index (χ0) is 77.9. The average Bonchev–Trinajstić information content (AvgIpc) is 1.51. The highest BCUT2D eigenvalue weighted by atomic mass is 16.3. The standard InChI is InChI=1S/C106H90B2N6O/c1-67-62-89-97-90(63-67)114-86-47-28-25-41-79(86)106(11,82-44-31-49-93-95(82)99(114)101(115-93)108(97)84-59-58-76(109(70-32-16-12-17-33-70)71-34-18-13-19-35-71)64-88(84)112(89)75-54-50-68(51-55-75)102(2,3)4)61-60-103(5,6)69-52-56-74(57-53-69)111-87-48-29-26-45-83(87)107-96-91(111)65-77(110(72-36-20-14-21-37-72)73-38-22-15-23-39-73)66-92(96)113-85-46-27-24-40-78(85)104(7,8)80-42-30-43-81-94(80)98(113)100(107)105(81,9)10/h12-59,62-66H,60-61H2,1-11H3. The number of benzene rings is 14. The molecule has 0 saturated carbocycles. The van der Waals surface area contributed by atoms with Crippen molar-refractivity contribution in [2.45, 2.75) is 116 Å². The molecule has 7 heterocycles. The molecular weight excluding hydrogens is 1390 g/mol. The van der Waals surface area contributed by atoms with Crippen molar-refractivity contribution in [3.05, 3.63) is 377 Å². The first-order chi connectivity index (χ1) is 55.8. The van der Waals surface area contributed by atoms with E-state index < -0.39 is 5.41 Å². The van der Waals surface area contributed by atoms with Crippen LogP contribution in [-0.4, -0.2) is 13.4 Å². The van der Waals surface area contributed by atoms with Gasteiger partial charge in [0, 0.05) is 107 Å². The van der Waals surface area contributed by atoms with E-state index in [2.05, 4.69) is 427 Å². The van der Waals surface area contributed by atoms with Gasteiger partial charge in [-0.25, -0.2) is 0 Å². The largest absolute Gasteiger partial charge is 0.468 e. The van der Waals surface area contributed by atoms with Crippen LogP contribution < -0.4 is 56.9 Å². The van der Waals surface area contributed by atoms with Crippen LogP contribution >= 0.6 is 0 Å². The Morgan fingerprint density at radius 1 is 0.357 bits per heavy atom. The molecule has 9 heteroatoms. The number of hydrogen-bond acceptors (Lipinski definition) is 7. The Morgan fingerprint density at radius 2 is 0.809 bits per heavy atom. The van der Waals surface area contributed by atoms with Crippen LogP contribution in [0.2, 0.25) is 0 Å². The molecular formula is C106H90B2N6O. The molecule has 1 aromatic heterocycles. The summed E-state index contributed by atoms with van der Waals surface area (Å²) in [6.07, 6.45) is 1.78. The van der Waals surface area contributed by atoms with Gasteiger partial charge >= 0.3 is 0 Å². The molecule has 14 aromatic carbocycles. The summed E-state index contributed by atoms with van der Waals surface area (Å²) in [7, 11) is 0. The van der Waals surface area contributed by atoms with Crippen LogP contribution in [0.4, 0.5) is 96.7 Å². The minimum atomic E-state index is -0.460. The van der Waals surface area contributed by atoms with Crippen LogP contribution in [0.5, 0.6) is 0 Å². The van der Waals surface area contributed by atoms with Crippen molar-refractivity contribution in [2.24, 2.45) is 0 Å². The lowest BCUT2D eigenvalue weighted by Crippen LogP contribution is -2.61. The fourth-order valence-corrected chi connectivity index (χ4v) is 21.5. The minimum absolute atomic E-state index is 0.0202. The van der Waals surface area contributed by atoms with Gasteiger partial charge in [-0.15, -0.1) is 0 Å². The van der Waals surface area contributed by atoms with E-state index in [1.807, 2.05) is 0 Å². The van der Waals surface area contributed by atoms with Gasteiger partial charge in [0.1, 0.15) is 5.58 Å². The number of para-hydroxylation sites is 7. The molecule has 1 atom stereocenters. The molecule has 7 nitrogen and oxygen atoms in total. The molecule has 0 fully saturated rings. The van der Waals surface area contributed by atoms with E-state index in [0.717, 1.165) is 86.6 Å². The molecule has 0 N–H and O–H groups in total. The second-order valence-electron chi connectivity index (χ2n) is 36.0. The van der Waals surface area contributed by atoms with Crippen LogP contribution in [0.25, 0.3) is 16.7 Å². The molecule has 15 aromatic rings. The first-order valence-corrected chi connectivity index (χ1v) is 41.2. The van der Waals surface area contributed by atoms with Gasteiger partial charge < -0.3 is 33.8 Å². The van der Waals surface area contributed by atoms with Crippen LogP contribution in [-0.2, 0) is 27.1 Å². The third kappa shape index (κ3) is 9.98. The first kappa shape index (κ1) is 69.0. The van der Waals surface area contributed by atoms with E-state index in [-0.39, 0.29) is 35.1 Å². The summed E-state index contributed by atoms with van der Waals surface area (Å²) in [5.74, 6) is 0. The van der Waals surface area contributed by atoms with Gasteiger partial charge in [0.2, 0.25) is 6.71 Å². The highest BCUT2D eigenvalue weighted by Crippen LogP contribution is 2.63. The summed E-state index contributed by atoms with van der Waals surface area (Å²) >= 11 is 0. The molecule has 0 bridgehead atoms. The van der Waals surface area contributed by atoms with Crippen LogP contribution in [0.3, 0.4) is 0 Å². The fraction of sp³-hybridized carbons (Fsp3) is 0.170. The zero-order valence-electron chi connectivity index (χ0n) is 67.3. The first-order valence-electron chi connectivity index (χ1n) is 41.2. The van der Waals surface area contributed by atoms with E-state index in [1.165, 1.54) is 123 Å². The van der Waals surface area contributed by atoms with Crippen molar-refractivity contribution in [2.75, 3.05) is 29.4 Å². The van der Waals surface area contributed by atoms with E-state index in [9.17, 15) is 0 Å². The summed E-state index contributed by atoms with van der Waals surface area (Å²) in [5.41, 5.74) is 39.8. The van der Waals surface area contributed by atoms with Crippen LogP contribution in [0.1, 0.15) is 132 Å². The lowest BCUT2D eigenvalue weighted by atomic mass is 9.30. The summed E-state index contributed by atoms with van der Waals surface area (Å²) in [4.78, 5) is 15.3. The molecule has 0 saturated heterocycles. The van der Waals surface area contributed by atoms with Gasteiger partial charge in [0.05, 0.1) is 28.4 Å². The number of aryl methyl sites for hydroxylation is 1. The monoisotopic (exact) mass is 1480 g/mol. The van der Waals surface area contributed by atoms with Crippen molar-refractivity contribution in [1.82, 2.24) is 0 Å². The van der Waals surface area contributed by atoms with Crippen molar-refractivity contribution < 1.29 is 4.42 Å². The molecule has 1 unspecified atom stereocenters. The number of hydrogen-bond donors (Lipinski definition) is 0. The Hall–Kier alpha value is -12.7. The van der Waals surface area contributed by atoms with E-state index in [1.54, 1.807) is 0 Å². The lowest BCUT2D eigenvalue weighted by Gasteiger charge is -2.46. The second kappa shape index (κ2) is 24.9. The summed E-state index contributed by atoms with van der Waals surface area (Å²) in [6.45, 7) is 26.3. The molecule has 0 spiro atoms. The maximum atomic E-state index is 7.69. The van der Waals surface area contributed by atoms with Gasteiger partial charge in [-0.1, -0.05) is 263 Å². The van der Waals surface area contributed by atoms with Gasteiger partial charge in [-0.2, -0.15) is 0 Å². The third-order valence-electron chi connectivity index (χ3n) is 27.2. The van der Waals surface area contributed by atoms with E-state index in [4.69, 9.17) is 4.42 Å². The number of anilines is 17. The van der Waals surface area contributed by atoms with Crippen molar-refractivity contribution >= 4 is 154 Å². The summed E-state index contributed by atoms with van der Waals surface area (Å²) < 4.78 is 7.69. The topological polar surface area (TPSA) is 32.6 Å². The van der Waals surface area contributed by atoms with Crippen LogP contribution in [0, 0.1) is 6.92 Å². The second-order valence-corrected chi connectivity index (χ2v) is 36.0. The Morgan fingerprint density at radius 3 is 1.42 bits per heavy atom. The van der Waals surface area contributed by atoms with E-state index in [0.29, 0.717) is 0 Å². The summed E-state index contributed by atoms with van der Waals surface area (Å²) in [5, 5.41) is 1.19. The molecule has 0 radical (unpaired) electrons. The van der Waals surface area contributed by atoms with Crippen molar-refractivity contribution in [1.29, 1.82) is 0 Å². The van der Waals surface area contributed by atoms with Gasteiger partial charge in [0.15, 0.2) is 0 Å². The average molecular weight is 1490 g/mol. The zero-order valence-corrected chi connectivity index (χ0v) is 67.3. The predicted octanol–water partition coefficient (Wildman–Crippen LogP) is 24.9. The number of fused-ring (bicyclic) bond motifs is 12. The fourth-order valence-electron chi connectivity index (χ4n) is 21.5. The normalized spacial score (nSPS) is 16.4. The Balaban J connectivity index is 0.677. The number of furan rings is 1. The lowest BCUT2D eigenvalue weighted by molar-refractivity contribution is 0.394. The quantitative estimate of drug-likeness (QED) is 0.113. The maximum absolute atomic E-state index is 7.69. The van der Waals surface area contributed by atoms with Gasteiger partial charge in [-0.05, 0) is 230 Å². The SMILES string of the molecule is Cc1cc2c3c(c1)N1c4ccccc4C(C)(CCC(C)(C)c4ccc(N5c6ccccc6B6C7=C8c9c(cccc9C(C)(C)c9ccccc9N8c8cc(N(c9ccccc9)c9ccccc9)cc5c86)C7(C)C)cc4)c4cccc5oc(c1c45)B3c1ccc(N(c3ccccc3)c3ccccc3)cc1N2c1ccc(C(C)(C)C)cc1.